The normalized spacial score (nSPS) is 14.5. The molecule has 0 fully saturated rings. The van der Waals surface area contributed by atoms with E-state index in [1.807, 2.05) is 20.8 Å². The van der Waals surface area contributed by atoms with E-state index in [9.17, 15) is 4.79 Å². The molecule has 0 rings (SSSR count). The van der Waals surface area contributed by atoms with E-state index in [1.54, 1.807) is 0 Å². The van der Waals surface area contributed by atoms with Gasteiger partial charge in [0.15, 0.2) is 0 Å². The molecule has 0 aromatic carbocycles. The van der Waals surface area contributed by atoms with Crippen LogP contribution in [0.15, 0.2) is 0 Å². The van der Waals surface area contributed by atoms with E-state index in [0.717, 1.165) is 12.8 Å². The molecule has 1 atom stereocenters. The van der Waals surface area contributed by atoms with Crippen LogP contribution in [0.3, 0.4) is 0 Å². The summed E-state index contributed by atoms with van der Waals surface area (Å²) >= 11 is 0. The van der Waals surface area contributed by atoms with E-state index >= 15 is 0 Å². The third-order valence-electron chi connectivity index (χ3n) is 2.69. The van der Waals surface area contributed by atoms with Crippen molar-refractivity contribution in [3.05, 3.63) is 0 Å². The Labute approximate surface area is 106 Å². The maximum Gasteiger partial charge on any atom is 0.342 e. The van der Waals surface area contributed by atoms with Crippen molar-refractivity contribution in [2.24, 2.45) is 11.3 Å². The van der Waals surface area contributed by atoms with E-state index in [2.05, 4.69) is 27.7 Å². The van der Waals surface area contributed by atoms with Gasteiger partial charge in [0.05, 0.1) is 6.42 Å². The van der Waals surface area contributed by atoms with E-state index in [-0.39, 0.29) is 11.4 Å². The first-order valence-corrected chi connectivity index (χ1v) is 6.44. The van der Waals surface area contributed by atoms with Gasteiger partial charge in [-0.05, 0) is 38.0 Å². The monoisotopic (exact) mass is 244 g/mol. The van der Waals surface area contributed by atoms with Crippen LogP contribution in [0.4, 0.5) is 0 Å². The Hall–Kier alpha value is -0.570. The highest BCUT2D eigenvalue weighted by Crippen LogP contribution is 2.26. The Morgan fingerprint density at radius 1 is 1.18 bits per heavy atom. The molecule has 0 aliphatic carbocycles. The molecule has 3 nitrogen and oxygen atoms in total. The van der Waals surface area contributed by atoms with Crippen LogP contribution >= 0.6 is 0 Å². The van der Waals surface area contributed by atoms with Gasteiger partial charge in [0.25, 0.3) is 0 Å². The standard InChI is InChI=1S/C14H28O3/c1-8-14(6,7)17-16-12(15)9-11(2)10-13(3,4)5/h11H,8-10H2,1-7H3. The second-order valence-corrected chi connectivity index (χ2v) is 6.73. The van der Waals surface area contributed by atoms with Gasteiger partial charge >= 0.3 is 5.97 Å². The van der Waals surface area contributed by atoms with Gasteiger partial charge in [0, 0.05) is 0 Å². The van der Waals surface area contributed by atoms with Gasteiger partial charge in [0.2, 0.25) is 0 Å². The van der Waals surface area contributed by atoms with Crippen LogP contribution < -0.4 is 0 Å². The highest BCUT2D eigenvalue weighted by atomic mass is 17.2. The molecule has 0 aromatic rings. The second kappa shape index (κ2) is 6.39. The van der Waals surface area contributed by atoms with Crippen molar-refractivity contribution < 1.29 is 14.6 Å². The van der Waals surface area contributed by atoms with E-state index in [1.165, 1.54) is 0 Å². The maximum absolute atomic E-state index is 11.6. The summed E-state index contributed by atoms with van der Waals surface area (Å²) in [7, 11) is 0. The molecular weight excluding hydrogens is 216 g/mol. The Morgan fingerprint density at radius 2 is 1.71 bits per heavy atom. The molecule has 0 saturated carbocycles. The van der Waals surface area contributed by atoms with Crippen molar-refractivity contribution in [1.29, 1.82) is 0 Å². The molecule has 0 N–H and O–H groups in total. The summed E-state index contributed by atoms with van der Waals surface area (Å²) in [6.45, 7) is 14.4. The van der Waals surface area contributed by atoms with Crippen LogP contribution in [-0.2, 0) is 14.6 Å². The van der Waals surface area contributed by atoms with Gasteiger partial charge < -0.3 is 0 Å². The Morgan fingerprint density at radius 3 is 2.12 bits per heavy atom. The van der Waals surface area contributed by atoms with Gasteiger partial charge in [-0.1, -0.05) is 34.6 Å². The van der Waals surface area contributed by atoms with Gasteiger partial charge in [-0.2, -0.15) is 4.89 Å². The first kappa shape index (κ1) is 16.4. The highest BCUT2D eigenvalue weighted by Gasteiger charge is 2.22. The summed E-state index contributed by atoms with van der Waals surface area (Å²) in [6.07, 6.45) is 2.22. The Kier molecular flexibility index (Phi) is 6.17. The van der Waals surface area contributed by atoms with Gasteiger partial charge in [-0.3, -0.25) is 4.89 Å². The molecule has 0 amide bonds. The molecule has 102 valence electrons. The lowest BCUT2D eigenvalue weighted by molar-refractivity contribution is -0.325. The van der Waals surface area contributed by atoms with Crippen LogP contribution in [0.2, 0.25) is 0 Å². The molecule has 17 heavy (non-hydrogen) atoms. The van der Waals surface area contributed by atoms with E-state index in [0.29, 0.717) is 12.3 Å². The summed E-state index contributed by atoms with van der Waals surface area (Å²) in [5, 5.41) is 0. The highest BCUT2D eigenvalue weighted by molar-refractivity contribution is 5.68. The van der Waals surface area contributed by atoms with Crippen LogP contribution in [-0.4, -0.2) is 11.6 Å². The average molecular weight is 244 g/mol. The zero-order valence-corrected chi connectivity index (χ0v) is 12.4. The SMILES string of the molecule is CCC(C)(C)OOC(=O)CC(C)CC(C)(C)C. The third kappa shape index (κ3) is 9.16. The van der Waals surface area contributed by atoms with Crippen LogP contribution in [0, 0.1) is 11.3 Å². The molecule has 0 saturated heterocycles. The smallest absolute Gasteiger partial charge is 0.298 e. The fourth-order valence-electron chi connectivity index (χ4n) is 1.65. The summed E-state index contributed by atoms with van der Waals surface area (Å²) in [5.74, 6) is 0.0408. The molecule has 0 bridgehead atoms. The maximum atomic E-state index is 11.6. The fourth-order valence-corrected chi connectivity index (χ4v) is 1.65. The van der Waals surface area contributed by atoms with Crippen LogP contribution in [0.1, 0.15) is 67.7 Å². The molecule has 0 aromatic heterocycles. The number of carbonyl (C=O) groups is 1. The van der Waals surface area contributed by atoms with Crippen molar-refractivity contribution in [2.75, 3.05) is 0 Å². The Balaban J connectivity index is 3.95. The zero-order valence-electron chi connectivity index (χ0n) is 12.4. The zero-order chi connectivity index (χ0) is 13.7. The topological polar surface area (TPSA) is 35.5 Å². The van der Waals surface area contributed by atoms with Crippen molar-refractivity contribution in [3.8, 4) is 0 Å². The van der Waals surface area contributed by atoms with Crippen LogP contribution in [0.25, 0.3) is 0 Å². The van der Waals surface area contributed by atoms with Crippen LogP contribution in [0.5, 0.6) is 0 Å². The van der Waals surface area contributed by atoms with Crippen molar-refractivity contribution >= 4 is 5.97 Å². The fraction of sp³-hybridized carbons (Fsp3) is 0.929. The number of rotatable bonds is 6. The van der Waals surface area contributed by atoms with Crippen molar-refractivity contribution in [3.63, 3.8) is 0 Å². The lowest BCUT2D eigenvalue weighted by Gasteiger charge is -2.24. The molecular formula is C14H28O3. The molecule has 1 unspecified atom stereocenters. The minimum atomic E-state index is -0.400. The molecule has 0 aliphatic heterocycles. The van der Waals surface area contributed by atoms with E-state index in [4.69, 9.17) is 9.78 Å². The molecule has 0 aliphatic rings. The number of hydrogen-bond donors (Lipinski definition) is 0. The first-order valence-electron chi connectivity index (χ1n) is 6.44. The molecule has 0 radical (unpaired) electrons. The quantitative estimate of drug-likeness (QED) is 0.521. The lowest BCUT2D eigenvalue weighted by Crippen LogP contribution is -2.26. The minimum Gasteiger partial charge on any atom is -0.298 e. The predicted octanol–water partition coefficient (Wildman–Crippen LogP) is 4.11. The number of carbonyl (C=O) groups excluding carboxylic acids is 1. The number of hydrogen-bond acceptors (Lipinski definition) is 3. The summed E-state index contributed by atoms with van der Waals surface area (Å²) in [5.41, 5.74) is -0.161. The first-order chi connectivity index (χ1) is 7.56. The van der Waals surface area contributed by atoms with E-state index < -0.39 is 5.60 Å². The largest absolute Gasteiger partial charge is 0.342 e. The second-order valence-electron chi connectivity index (χ2n) is 6.73. The Bertz CT molecular complexity index is 238. The van der Waals surface area contributed by atoms with Crippen molar-refractivity contribution in [2.45, 2.75) is 73.3 Å². The summed E-state index contributed by atoms with van der Waals surface area (Å²) in [6, 6.07) is 0. The summed E-state index contributed by atoms with van der Waals surface area (Å²) < 4.78 is 0. The predicted molar refractivity (Wildman–Crippen MR) is 69.4 cm³/mol. The molecule has 0 spiro atoms. The van der Waals surface area contributed by atoms with Crippen molar-refractivity contribution in [1.82, 2.24) is 0 Å². The molecule has 0 heterocycles. The van der Waals surface area contributed by atoms with Gasteiger partial charge in [-0.25, -0.2) is 4.79 Å². The summed E-state index contributed by atoms with van der Waals surface area (Å²) in [4.78, 5) is 21.5. The molecule has 3 heteroatoms. The average Bonchev–Trinajstić information content (AvgIpc) is 2.12. The van der Waals surface area contributed by atoms with Gasteiger partial charge in [-0.15, -0.1) is 0 Å². The lowest BCUT2D eigenvalue weighted by atomic mass is 9.84. The third-order valence-corrected chi connectivity index (χ3v) is 2.69. The van der Waals surface area contributed by atoms with Gasteiger partial charge in [0.1, 0.15) is 5.60 Å². The minimum absolute atomic E-state index is 0.239.